The van der Waals surface area contributed by atoms with Crippen LogP contribution in [0.4, 0.5) is 17.1 Å². The minimum atomic E-state index is 1.09. The van der Waals surface area contributed by atoms with Crippen LogP contribution in [0.25, 0.3) is 102 Å². The highest BCUT2D eigenvalue weighted by molar-refractivity contribution is 7.26. The molecule has 0 saturated carbocycles. The summed E-state index contributed by atoms with van der Waals surface area (Å²) in [6.45, 7) is 0. The molecule has 63 heavy (non-hydrogen) atoms. The van der Waals surface area contributed by atoms with Gasteiger partial charge in [-0.15, -0.1) is 11.3 Å². The Kier molecular flexibility index (Phi) is 8.12. The first kappa shape index (κ1) is 35.7. The predicted octanol–water partition coefficient (Wildman–Crippen LogP) is 17.4. The molecular formula is C60H38N2S. The maximum atomic E-state index is 2.56. The van der Waals surface area contributed by atoms with Crippen LogP contribution >= 0.6 is 11.3 Å². The average molecular weight is 819 g/mol. The third kappa shape index (κ3) is 5.64. The second-order valence-corrected chi connectivity index (χ2v) is 17.5. The Hall–Kier alpha value is -7.98. The lowest BCUT2D eigenvalue weighted by Crippen LogP contribution is -2.11. The Morgan fingerprint density at radius 3 is 1.57 bits per heavy atom. The van der Waals surface area contributed by atoms with E-state index in [0.29, 0.717) is 0 Å². The predicted molar refractivity (Wildman–Crippen MR) is 271 cm³/mol. The van der Waals surface area contributed by atoms with Gasteiger partial charge in [-0.3, -0.25) is 0 Å². The molecule has 0 aliphatic rings. The summed E-state index contributed by atoms with van der Waals surface area (Å²) in [6, 6.07) is 84.8. The van der Waals surface area contributed by atoms with E-state index in [1.54, 1.807) is 0 Å². The number of aromatic nitrogens is 1. The summed E-state index contributed by atoms with van der Waals surface area (Å²) < 4.78 is 5.17. The number of rotatable bonds is 6. The van der Waals surface area contributed by atoms with Gasteiger partial charge in [0.2, 0.25) is 0 Å². The number of para-hydroxylation sites is 1. The normalized spacial score (nSPS) is 11.8. The van der Waals surface area contributed by atoms with Crippen molar-refractivity contribution in [2.24, 2.45) is 0 Å². The molecule has 0 spiro atoms. The molecule has 0 N–H and O–H groups in total. The molecule has 0 amide bonds. The lowest BCUT2D eigenvalue weighted by molar-refractivity contribution is 1.28. The zero-order chi connectivity index (χ0) is 41.4. The summed E-state index contributed by atoms with van der Waals surface area (Å²) in [4.78, 5) is 2.45. The molecule has 0 atom stereocenters. The second-order valence-electron chi connectivity index (χ2n) is 16.4. The van der Waals surface area contributed by atoms with E-state index in [0.717, 1.165) is 17.1 Å². The van der Waals surface area contributed by atoms with Gasteiger partial charge in [0.1, 0.15) is 0 Å². The van der Waals surface area contributed by atoms with Crippen LogP contribution in [0.2, 0.25) is 0 Å². The van der Waals surface area contributed by atoms with E-state index in [9.17, 15) is 0 Å². The Bertz CT molecular complexity index is 3880. The number of thiophene rings is 1. The smallest absolute Gasteiger partial charge is 0.0619 e. The van der Waals surface area contributed by atoms with Crippen LogP contribution in [0.15, 0.2) is 231 Å². The highest BCUT2D eigenvalue weighted by atomic mass is 32.1. The van der Waals surface area contributed by atoms with E-state index in [2.05, 4.69) is 240 Å². The van der Waals surface area contributed by atoms with Gasteiger partial charge in [0.25, 0.3) is 0 Å². The van der Waals surface area contributed by atoms with Gasteiger partial charge in [0.05, 0.1) is 22.2 Å². The Morgan fingerprint density at radius 2 is 0.841 bits per heavy atom. The first-order valence-corrected chi connectivity index (χ1v) is 22.4. The Morgan fingerprint density at radius 1 is 0.317 bits per heavy atom. The van der Waals surface area contributed by atoms with Crippen molar-refractivity contribution in [1.29, 1.82) is 0 Å². The Balaban J connectivity index is 1.13. The molecule has 3 heterocycles. The van der Waals surface area contributed by atoms with Crippen molar-refractivity contribution < 1.29 is 0 Å². The quantitative estimate of drug-likeness (QED) is 0.162. The highest BCUT2D eigenvalue weighted by Crippen LogP contribution is 2.47. The third-order valence-electron chi connectivity index (χ3n) is 12.9. The molecule has 0 aliphatic heterocycles. The molecule has 0 aliphatic carbocycles. The van der Waals surface area contributed by atoms with E-state index in [1.807, 2.05) is 11.3 Å². The lowest BCUT2D eigenvalue weighted by Gasteiger charge is -2.29. The van der Waals surface area contributed by atoms with Crippen molar-refractivity contribution in [3.05, 3.63) is 231 Å². The zero-order valence-corrected chi connectivity index (χ0v) is 35.1. The maximum Gasteiger partial charge on any atom is 0.0619 e. The first-order valence-electron chi connectivity index (χ1n) is 21.6. The number of hydrogen-bond donors (Lipinski definition) is 0. The monoisotopic (exact) mass is 818 g/mol. The van der Waals surface area contributed by atoms with Crippen molar-refractivity contribution in [2.45, 2.75) is 0 Å². The molecule has 0 saturated heterocycles. The van der Waals surface area contributed by atoms with Gasteiger partial charge >= 0.3 is 0 Å². The molecule has 10 aromatic carbocycles. The summed E-state index contributed by atoms with van der Waals surface area (Å²) >= 11 is 1.89. The van der Waals surface area contributed by atoms with Crippen LogP contribution in [0.1, 0.15) is 0 Å². The van der Waals surface area contributed by atoms with Gasteiger partial charge in [-0.2, -0.15) is 0 Å². The molecule has 3 heteroatoms. The van der Waals surface area contributed by atoms with Gasteiger partial charge < -0.3 is 9.30 Å². The van der Waals surface area contributed by atoms with E-state index in [1.165, 1.54) is 102 Å². The van der Waals surface area contributed by atoms with E-state index < -0.39 is 0 Å². The summed E-state index contributed by atoms with van der Waals surface area (Å²) in [6.07, 6.45) is 0. The molecule has 0 fully saturated rings. The summed E-state index contributed by atoms with van der Waals surface area (Å²) in [7, 11) is 0. The largest absolute Gasteiger partial charge is 0.310 e. The molecule has 0 radical (unpaired) electrons. The van der Waals surface area contributed by atoms with Crippen LogP contribution in [-0.4, -0.2) is 4.40 Å². The van der Waals surface area contributed by atoms with Crippen molar-refractivity contribution >= 4 is 97.4 Å². The van der Waals surface area contributed by atoms with E-state index >= 15 is 0 Å². The third-order valence-corrected chi connectivity index (χ3v) is 14.1. The van der Waals surface area contributed by atoms with E-state index in [4.69, 9.17) is 0 Å². The first-order chi connectivity index (χ1) is 31.3. The number of benzene rings is 10. The average Bonchev–Trinajstić information content (AvgIpc) is 3.92. The molecule has 0 unspecified atom stereocenters. The van der Waals surface area contributed by atoms with Gasteiger partial charge in [0, 0.05) is 53.3 Å². The fourth-order valence-corrected chi connectivity index (χ4v) is 11.3. The van der Waals surface area contributed by atoms with Gasteiger partial charge in [-0.25, -0.2) is 0 Å². The molecule has 0 bridgehead atoms. The van der Waals surface area contributed by atoms with Crippen LogP contribution in [0, 0.1) is 0 Å². The second kappa shape index (κ2) is 14.3. The van der Waals surface area contributed by atoms with Crippen molar-refractivity contribution in [2.75, 3.05) is 4.90 Å². The topological polar surface area (TPSA) is 7.65 Å². The number of nitrogens with zero attached hydrogens (tertiary/aromatic N) is 2. The number of hydrogen-bond acceptors (Lipinski definition) is 2. The van der Waals surface area contributed by atoms with Crippen molar-refractivity contribution in [3.8, 4) is 33.4 Å². The van der Waals surface area contributed by atoms with Gasteiger partial charge in [-0.05, 0) is 105 Å². The standard InChI is InChI=1S/C60H38N2S/c1-4-15-39(16-5-1)41-29-32-44(33-30-41)61(53-35-31-43(40-17-6-2-7-18-40)37-51(53)42-19-8-3-9-20-42)45-34-36-54-52(38-45)50-25-12-24-49-47-22-11-10-21-46(47)48-23-13-27-56-58(48)59-55(62(54)60(49)50)26-14-28-57(59)63-56/h1-38H. The molecule has 13 rings (SSSR count). The minimum absolute atomic E-state index is 1.09. The van der Waals surface area contributed by atoms with Crippen molar-refractivity contribution in [1.82, 2.24) is 4.40 Å². The molecule has 294 valence electrons. The molecule has 2 nitrogen and oxygen atoms in total. The van der Waals surface area contributed by atoms with Crippen LogP contribution in [0.5, 0.6) is 0 Å². The molecule has 3 aromatic heterocycles. The highest BCUT2D eigenvalue weighted by Gasteiger charge is 2.22. The fraction of sp³-hybridized carbons (Fsp3) is 0. The molecule has 13 aromatic rings. The van der Waals surface area contributed by atoms with Gasteiger partial charge in [-0.1, -0.05) is 170 Å². The summed E-state index contributed by atoms with van der Waals surface area (Å²) in [5.41, 5.74) is 14.0. The van der Waals surface area contributed by atoms with Gasteiger partial charge in [0.15, 0.2) is 0 Å². The maximum absolute atomic E-state index is 2.56. The fourth-order valence-electron chi connectivity index (χ4n) is 10.1. The number of fused-ring (bicyclic) bond motifs is 7. The van der Waals surface area contributed by atoms with Crippen LogP contribution < -0.4 is 4.90 Å². The van der Waals surface area contributed by atoms with E-state index in [-0.39, 0.29) is 0 Å². The zero-order valence-electron chi connectivity index (χ0n) is 34.2. The minimum Gasteiger partial charge on any atom is -0.310 e. The lowest BCUT2D eigenvalue weighted by atomic mass is 9.96. The van der Waals surface area contributed by atoms with Crippen molar-refractivity contribution in [3.63, 3.8) is 0 Å². The Labute approximate surface area is 368 Å². The SMILES string of the molecule is c1ccc(-c2ccc(N(c3ccc4c(c3)c3cccc5c6ccccc6c6cccc7sc8cccc(c8c76)n4c53)c3ccc(-c4ccccc4)cc3-c3ccccc3)cc2)cc1. The summed E-state index contributed by atoms with van der Waals surface area (Å²) in [5, 5.41) is 10.1. The van der Waals surface area contributed by atoms with Crippen LogP contribution in [-0.2, 0) is 0 Å². The summed E-state index contributed by atoms with van der Waals surface area (Å²) in [5.74, 6) is 0. The molecular weight excluding hydrogens is 781 g/mol. The number of anilines is 3. The van der Waals surface area contributed by atoms with Crippen LogP contribution in [0.3, 0.4) is 0 Å².